The number of carbonyl (C=O) groups excluding carboxylic acids is 1. The van der Waals surface area contributed by atoms with Crippen molar-refractivity contribution in [3.05, 3.63) is 0 Å². The maximum atomic E-state index is 11.1. The first kappa shape index (κ1) is 12.7. The Hall–Kier alpha value is -1.28. The van der Waals surface area contributed by atoms with E-state index in [9.17, 15) is 9.59 Å². The Bertz CT molecular complexity index is 292. The molecule has 0 aromatic heterocycles. The summed E-state index contributed by atoms with van der Waals surface area (Å²) in [5, 5.41) is 7.93. The highest BCUT2D eigenvalue weighted by atomic mass is 32.1. The summed E-state index contributed by atoms with van der Waals surface area (Å²) in [6, 6.07) is 0. The molecule has 0 saturated heterocycles. The van der Waals surface area contributed by atoms with Gasteiger partial charge in [-0.15, -0.1) is 0 Å². The summed E-state index contributed by atoms with van der Waals surface area (Å²) in [6.45, 7) is 0. The Morgan fingerprint density at radius 2 is 1.86 bits per heavy atom. The summed E-state index contributed by atoms with van der Waals surface area (Å²) in [4.78, 5) is 21.2. The maximum Gasteiger partial charge on any atom is 0.323 e. The first-order valence-electron chi connectivity index (χ1n) is 3.36. The zero-order valence-corrected chi connectivity index (χ0v) is 8.56. The largest absolute Gasteiger partial charge is 0.481 e. The SMILES string of the molecule is NC(=S)OC(=O)C(CC(=O)O)C(N)=S. The molecule has 0 fully saturated rings. The number of rotatable bonds is 4. The number of ether oxygens (including phenoxy) is 1. The summed E-state index contributed by atoms with van der Waals surface area (Å²) >= 11 is 8.79. The van der Waals surface area contributed by atoms with Crippen molar-refractivity contribution < 1.29 is 19.4 Å². The number of esters is 1. The van der Waals surface area contributed by atoms with Crippen LogP contribution in [0.15, 0.2) is 0 Å². The molecule has 6 nitrogen and oxygen atoms in total. The van der Waals surface area contributed by atoms with E-state index in [1.54, 1.807) is 0 Å². The van der Waals surface area contributed by atoms with Gasteiger partial charge in [0.1, 0.15) is 5.92 Å². The molecule has 0 heterocycles. The standard InChI is InChI=1S/C6H8N2O4S2/c7-4(13)2(1-3(9)10)5(11)12-6(8)14/h2H,1H2,(H2,7,13)(H2,8,14)(H,9,10). The van der Waals surface area contributed by atoms with E-state index >= 15 is 0 Å². The normalized spacial score (nSPS) is 11.4. The van der Waals surface area contributed by atoms with Crippen LogP contribution in [0, 0.1) is 5.92 Å². The van der Waals surface area contributed by atoms with Crippen molar-refractivity contribution in [3.63, 3.8) is 0 Å². The predicted molar refractivity (Wildman–Crippen MR) is 55.4 cm³/mol. The minimum atomic E-state index is -1.22. The van der Waals surface area contributed by atoms with Crippen LogP contribution in [-0.2, 0) is 14.3 Å². The van der Waals surface area contributed by atoms with Crippen LogP contribution in [0.2, 0.25) is 0 Å². The molecular formula is C6H8N2O4S2. The average Bonchev–Trinajstić information content (AvgIpc) is 1.97. The molecule has 0 aliphatic rings. The third-order valence-corrected chi connectivity index (χ3v) is 1.58. The molecule has 1 unspecified atom stereocenters. The van der Waals surface area contributed by atoms with Crippen LogP contribution in [0.25, 0.3) is 0 Å². The molecule has 0 rings (SSSR count). The van der Waals surface area contributed by atoms with E-state index in [0.29, 0.717) is 0 Å². The average molecular weight is 236 g/mol. The highest BCUT2D eigenvalue weighted by Crippen LogP contribution is 2.06. The Morgan fingerprint density at radius 3 is 2.14 bits per heavy atom. The van der Waals surface area contributed by atoms with Crippen molar-refractivity contribution in [1.82, 2.24) is 0 Å². The molecule has 0 saturated carbocycles. The lowest BCUT2D eigenvalue weighted by molar-refractivity contribution is -0.144. The predicted octanol–water partition coefficient (Wildman–Crippen LogP) is -0.850. The first-order valence-corrected chi connectivity index (χ1v) is 4.18. The van der Waals surface area contributed by atoms with Crippen LogP contribution in [0.4, 0.5) is 0 Å². The molecule has 0 bridgehead atoms. The van der Waals surface area contributed by atoms with Crippen LogP contribution in [0.3, 0.4) is 0 Å². The molecule has 8 heteroatoms. The van der Waals surface area contributed by atoms with Crippen LogP contribution in [0.1, 0.15) is 6.42 Å². The summed E-state index contributed by atoms with van der Waals surface area (Å²) in [5.41, 5.74) is 10.1. The molecule has 14 heavy (non-hydrogen) atoms. The zero-order chi connectivity index (χ0) is 11.3. The minimum Gasteiger partial charge on any atom is -0.481 e. The molecule has 0 amide bonds. The number of carboxylic acid groups (broad SMARTS) is 1. The van der Waals surface area contributed by atoms with Crippen LogP contribution in [0.5, 0.6) is 0 Å². The first-order chi connectivity index (χ1) is 6.34. The van der Waals surface area contributed by atoms with Crippen molar-refractivity contribution in [2.45, 2.75) is 6.42 Å². The molecule has 0 aromatic rings. The van der Waals surface area contributed by atoms with Crippen LogP contribution < -0.4 is 11.5 Å². The van der Waals surface area contributed by atoms with E-state index < -0.39 is 29.5 Å². The number of hydrogen-bond donors (Lipinski definition) is 3. The zero-order valence-electron chi connectivity index (χ0n) is 6.93. The molecular weight excluding hydrogens is 228 g/mol. The van der Waals surface area contributed by atoms with Crippen molar-refractivity contribution in [3.8, 4) is 0 Å². The van der Waals surface area contributed by atoms with Gasteiger partial charge in [0, 0.05) is 0 Å². The fourth-order valence-corrected chi connectivity index (χ4v) is 0.907. The van der Waals surface area contributed by atoms with Gasteiger partial charge in [-0.25, -0.2) is 0 Å². The van der Waals surface area contributed by atoms with Gasteiger partial charge in [0.15, 0.2) is 0 Å². The van der Waals surface area contributed by atoms with Gasteiger partial charge < -0.3 is 21.3 Å². The number of hydrogen-bond acceptors (Lipinski definition) is 5. The van der Waals surface area contributed by atoms with E-state index in [1.165, 1.54) is 0 Å². The van der Waals surface area contributed by atoms with Crippen molar-refractivity contribution in [1.29, 1.82) is 0 Å². The molecule has 0 aliphatic carbocycles. The Labute approximate surface area is 90.2 Å². The van der Waals surface area contributed by atoms with E-state index in [2.05, 4.69) is 29.2 Å². The molecule has 5 N–H and O–H groups in total. The van der Waals surface area contributed by atoms with Crippen LogP contribution >= 0.6 is 24.4 Å². The lowest BCUT2D eigenvalue weighted by atomic mass is 10.1. The summed E-state index contributed by atoms with van der Waals surface area (Å²) in [5.74, 6) is -3.38. The molecule has 78 valence electrons. The van der Waals surface area contributed by atoms with Crippen molar-refractivity contribution in [2.24, 2.45) is 17.4 Å². The smallest absolute Gasteiger partial charge is 0.323 e. The van der Waals surface area contributed by atoms with Crippen LogP contribution in [-0.4, -0.2) is 27.2 Å². The molecule has 0 spiro atoms. The van der Waals surface area contributed by atoms with Gasteiger partial charge >= 0.3 is 11.9 Å². The van der Waals surface area contributed by atoms with E-state index in [0.717, 1.165) is 0 Å². The quantitative estimate of drug-likeness (QED) is 0.427. The highest BCUT2D eigenvalue weighted by Gasteiger charge is 2.26. The van der Waals surface area contributed by atoms with Gasteiger partial charge in [-0.05, 0) is 12.2 Å². The van der Waals surface area contributed by atoms with Gasteiger partial charge in [-0.1, -0.05) is 12.2 Å². The Balaban J connectivity index is 4.49. The van der Waals surface area contributed by atoms with Gasteiger partial charge in [0.05, 0.1) is 11.4 Å². The second-order valence-corrected chi connectivity index (χ2v) is 3.17. The maximum absolute atomic E-state index is 11.1. The third-order valence-electron chi connectivity index (χ3n) is 1.21. The summed E-state index contributed by atoms with van der Waals surface area (Å²) in [6.07, 6.45) is -0.545. The molecule has 0 radical (unpaired) electrons. The number of nitrogens with two attached hydrogens (primary N) is 2. The number of aliphatic carboxylic acids is 1. The van der Waals surface area contributed by atoms with Gasteiger partial charge in [-0.3, -0.25) is 9.59 Å². The second-order valence-electron chi connectivity index (χ2n) is 2.29. The van der Waals surface area contributed by atoms with E-state index in [-0.39, 0.29) is 4.99 Å². The fourth-order valence-electron chi connectivity index (χ4n) is 0.645. The topological polar surface area (TPSA) is 116 Å². The molecule has 0 aliphatic heterocycles. The number of thiocarbonyl (C=S) groups is 2. The van der Waals surface area contributed by atoms with Crippen molar-refractivity contribution in [2.75, 3.05) is 0 Å². The van der Waals surface area contributed by atoms with Gasteiger partial charge in [0.2, 0.25) is 0 Å². The summed E-state index contributed by atoms with van der Waals surface area (Å²) < 4.78 is 4.31. The number of carboxylic acids is 1. The lowest BCUT2D eigenvalue weighted by Crippen LogP contribution is -2.34. The van der Waals surface area contributed by atoms with Crippen molar-refractivity contribution >= 4 is 46.5 Å². The minimum absolute atomic E-state index is 0.270. The Morgan fingerprint density at radius 1 is 1.36 bits per heavy atom. The molecule has 0 aromatic carbocycles. The summed E-state index contributed by atoms with van der Waals surface area (Å²) in [7, 11) is 0. The monoisotopic (exact) mass is 236 g/mol. The van der Waals surface area contributed by atoms with E-state index in [4.69, 9.17) is 16.6 Å². The second kappa shape index (κ2) is 5.45. The van der Waals surface area contributed by atoms with Gasteiger partial charge in [-0.2, -0.15) is 0 Å². The highest BCUT2D eigenvalue weighted by molar-refractivity contribution is 7.80. The van der Waals surface area contributed by atoms with E-state index in [1.807, 2.05) is 0 Å². The number of carbonyl (C=O) groups is 2. The Kier molecular flexibility index (Phi) is 4.95. The lowest BCUT2D eigenvalue weighted by Gasteiger charge is -2.10. The molecule has 1 atom stereocenters. The fraction of sp³-hybridized carbons (Fsp3) is 0.333. The van der Waals surface area contributed by atoms with Gasteiger partial charge in [0.25, 0.3) is 5.17 Å². The third kappa shape index (κ3) is 4.67.